The van der Waals surface area contributed by atoms with E-state index >= 15 is 0 Å². The summed E-state index contributed by atoms with van der Waals surface area (Å²) >= 11 is 0. The van der Waals surface area contributed by atoms with E-state index in [9.17, 15) is 5.11 Å². The van der Waals surface area contributed by atoms with E-state index in [1.165, 1.54) is 16.7 Å². The molecule has 1 atom stereocenters. The Kier molecular flexibility index (Phi) is 3.52. The van der Waals surface area contributed by atoms with Crippen molar-refractivity contribution in [1.29, 1.82) is 0 Å². The molecule has 17 heavy (non-hydrogen) atoms. The van der Waals surface area contributed by atoms with Gasteiger partial charge >= 0.3 is 0 Å². The normalized spacial score (nSPS) is 19.8. The van der Waals surface area contributed by atoms with Gasteiger partial charge in [0.1, 0.15) is 0 Å². The fourth-order valence-electron chi connectivity index (χ4n) is 2.58. The second-order valence-corrected chi connectivity index (χ2v) is 5.10. The Bertz CT molecular complexity index is 394. The van der Waals surface area contributed by atoms with Crippen molar-refractivity contribution in [1.82, 2.24) is 5.32 Å². The van der Waals surface area contributed by atoms with Crippen LogP contribution in [0.3, 0.4) is 0 Å². The maximum atomic E-state index is 9.64. The van der Waals surface area contributed by atoms with E-state index in [-0.39, 0.29) is 18.1 Å². The minimum Gasteiger partial charge on any atom is -0.396 e. The van der Waals surface area contributed by atoms with Gasteiger partial charge in [0.15, 0.2) is 0 Å². The molecule has 1 heterocycles. The molecule has 0 spiro atoms. The zero-order valence-corrected chi connectivity index (χ0v) is 10.8. The van der Waals surface area contributed by atoms with Gasteiger partial charge in [-0.3, -0.25) is 0 Å². The van der Waals surface area contributed by atoms with Crippen LogP contribution in [0.5, 0.6) is 0 Å². The Hall–Kier alpha value is -0.900. The van der Waals surface area contributed by atoms with Gasteiger partial charge in [0, 0.05) is 6.04 Å². The molecule has 3 nitrogen and oxygen atoms in total. The molecule has 0 saturated carbocycles. The van der Waals surface area contributed by atoms with E-state index < -0.39 is 0 Å². The van der Waals surface area contributed by atoms with Crippen LogP contribution in [0.4, 0.5) is 0 Å². The number of rotatable bonds is 4. The number of ether oxygens (including phenoxy) is 1. The minimum absolute atomic E-state index is 0.154. The predicted octanol–water partition coefficient (Wildman–Crippen LogP) is 1.57. The maximum Gasteiger partial charge on any atom is 0.0596 e. The van der Waals surface area contributed by atoms with Gasteiger partial charge < -0.3 is 15.2 Å². The third kappa shape index (κ3) is 2.10. The summed E-state index contributed by atoms with van der Waals surface area (Å²) < 4.78 is 5.30. The van der Waals surface area contributed by atoms with Gasteiger partial charge in [-0.05, 0) is 32.0 Å². The predicted molar refractivity (Wildman–Crippen MR) is 68.1 cm³/mol. The first-order valence-electron chi connectivity index (χ1n) is 6.06. The highest BCUT2D eigenvalue weighted by Gasteiger charge is 2.45. The number of aliphatic hydroxyl groups is 1. The minimum atomic E-state index is -0.159. The van der Waals surface area contributed by atoms with Crippen LogP contribution in [0.1, 0.15) is 22.7 Å². The van der Waals surface area contributed by atoms with Crippen LogP contribution in [0.15, 0.2) is 18.2 Å². The summed E-state index contributed by atoms with van der Waals surface area (Å²) in [5, 5.41) is 13.0. The van der Waals surface area contributed by atoms with Crippen molar-refractivity contribution in [3.63, 3.8) is 0 Å². The van der Waals surface area contributed by atoms with Crippen molar-refractivity contribution in [2.45, 2.75) is 19.9 Å². The van der Waals surface area contributed by atoms with Gasteiger partial charge in [-0.15, -0.1) is 0 Å². The standard InChI is InChI=1S/C14H21NO2/c1-10-4-5-11(2)12(6-10)13(15-3)14(7-16)8-17-9-14/h4-6,13,15-16H,7-9H2,1-3H3. The molecule has 1 aromatic rings. The summed E-state index contributed by atoms with van der Waals surface area (Å²) in [6.07, 6.45) is 0. The summed E-state index contributed by atoms with van der Waals surface area (Å²) in [5.41, 5.74) is 3.62. The fraction of sp³-hybridized carbons (Fsp3) is 0.571. The largest absolute Gasteiger partial charge is 0.396 e. The van der Waals surface area contributed by atoms with E-state index in [2.05, 4.69) is 37.4 Å². The highest BCUT2D eigenvalue weighted by atomic mass is 16.5. The van der Waals surface area contributed by atoms with E-state index in [0.29, 0.717) is 13.2 Å². The highest BCUT2D eigenvalue weighted by molar-refractivity contribution is 5.34. The van der Waals surface area contributed by atoms with Gasteiger partial charge in [0.25, 0.3) is 0 Å². The van der Waals surface area contributed by atoms with E-state index in [4.69, 9.17) is 4.74 Å². The molecule has 94 valence electrons. The molecular weight excluding hydrogens is 214 g/mol. The number of nitrogens with one attached hydrogen (secondary N) is 1. The Morgan fingerprint density at radius 3 is 2.59 bits per heavy atom. The van der Waals surface area contributed by atoms with Crippen molar-refractivity contribution in [2.75, 3.05) is 26.9 Å². The Morgan fingerprint density at radius 2 is 2.12 bits per heavy atom. The van der Waals surface area contributed by atoms with E-state index in [0.717, 1.165) is 0 Å². The van der Waals surface area contributed by atoms with Crippen molar-refractivity contribution in [2.24, 2.45) is 5.41 Å². The molecule has 1 aromatic carbocycles. The second kappa shape index (κ2) is 4.77. The topological polar surface area (TPSA) is 41.5 Å². The molecule has 1 aliphatic heterocycles. The molecule has 0 radical (unpaired) electrons. The smallest absolute Gasteiger partial charge is 0.0596 e. The number of aryl methyl sites for hydroxylation is 2. The zero-order chi connectivity index (χ0) is 12.5. The summed E-state index contributed by atoms with van der Waals surface area (Å²) in [6.45, 7) is 5.62. The zero-order valence-electron chi connectivity index (χ0n) is 10.8. The van der Waals surface area contributed by atoms with Gasteiger partial charge in [0.05, 0.1) is 25.2 Å². The highest BCUT2D eigenvalue weighted by Crippen LogP contribution is 2.41. The fourth-order valence-corrected chi connectivity index (χ4v) is 2.58. The van der Waals surface area contributed by atoms with Crippen molar-refractivity contribution in [3.05, 3.63) is 34.9 Å². The monoisotopic (exact) mass is 235 g/mol. The molecule has 3 heteroatoms. The summed E-state index contributed by atoms with van der Waals surface area (Å²) in [5.74, 6) is 0. The molecule has 0 amide bonds. The third-order valence-corrected chi connectivity index (χ3v) is 3.74. The van der Waals surface area contributed by atoms with E-state index in [1.54, 1.807) is 0 Å². The molecule has 1 unspecified atom stereocenters. The summed E-state index contributed by atoms with van der Waals surface area (Å²) in [4.78, 5) is 0. The van der Waals surface area contributed by atoms with Crippen LogP contribution in [0.25, 0.3) is 0 Å². The van der Waals surface area contributed by atoms with Gasteiger partial charge in [-0.25, -0.2) is 0 Å². The Labute approximate surface area is 103 Å². The first-order chi connectivity index (χ1) is 8.13. The molecule has 2 rings (SSSR count). The number of hydrogen-bond acceptors (Lipinski definition) is 3. The lowest BCUT2D eigenvalue weighted by Gasteiger charge is -2.46. The van der Waals surface area contributed by atoms with Crippen molar-refractivity contribution >= 4 is 0 Å². The molecule has 1 aliphatic rings. The molecule has 0 bridgehead atoms. The summed E-state index contributed by atoms with van der Waals surface area (Å²) in [6, 6.07) is 6.61. The number of benzene rings is 1. The van der Waals surface area contributed by atoms with Crippen LogP contribution in [-0.2, 0) is 4.74 Å². The van der Waals surface area contributed by atoms with Crippen LogP contribution >= 0.6 is 0 Å². The Balaban J connectivity index is 2.37. The van der Waals surface area contributed by atoms with Gasteiger partial charge in [0.2, 0.25) is 0 Å². The average Bonchev–Trinajstić information content (AvgIpc) is 2.27. The first kappa shape index (κ1) is 12.6. The van der Waals surface area contributed by atoms with Crippen LogP contribution in [-0.4, -0.2) is 32.0 Å². The number of hydrogen-bond donors (Lipinski definition) is 2. The van der Waals surface area contributed by atoms with Crippen molar-refractivity contribution in [3.8, 4) is 0 Å². The second-order valence-electron chi connectivity index (χ2n) is 5.10. The summed E-state index contributed by atoms with van der Waals surface area (Å²) in [7, 11) is 1.95. The lowest BCUT2D eigenvalue weighted by molar-refractivity contribution is -0.155. The van der Waals surface area contributed by atoms with Crippen molar-refractivity contribution < 1.29 is 9.84 Å². The molecule has 0 aromatic heterocycles. The molecule has 1 saturated heterocycles. The quantitative estimate of drug-likeness (QED) is 0.832. The average molecular weight is 235 g/mol. The van der Waals surface area contributed by atoms with Gasteiger partial charge in [-0.2, -0.15) is 0 Å². The lowest BCUT2D eigenvalue weighted by atomic mass is 9.74. The van der Waals surface area contributed by atoms with Crippen LogP contribution in [0.2, 0.25) is 0 Å². The molecule has 0 aliphatic carbocycles. The van der Waals surface area contributed by atoms with Crippen LogP contribution < -0.4 is 5.32 Å². The molecular formula is C14H21NO2. The maximum absolute atomic E-state index is 9.64. The van der Waals surface area contributed by atoms with E-state index in [1.807, 2.05) is 7.05 Å². The SMILES string of the molecule is CNC(c1cc(C)ccc1C)C1(CO)COC1. The molecule has 2 N–H and O–H groups in total. The first-order valence-corrected chi connectivity index (χ1v) is 6.06. The third-order valence-electron chi connectivity index (χ3n) is 3.74. The lowest BCUT2D eigenvalue weighted by Crippen LogP contribution is -2.53. The Morgan fingerprint density at radius 1 is 1.41 bits per heavy atom. The van der Waals surface area contributed by atoms with Gasteiger partial charge in [-0.1, -0.05) is 23.8 Å². The molecule has 1 fully saturated rings. The number of aliphatic hydroxyl groups excluding tert-OH is 1. The van der Waals surface area contributed by atoms with Crippen LogP contribution in [0, 0.1) is 19.3 Å².